The normalized spacial score (nSPS) is 24.7. The van der Waals surface area contributed by atoms with E-state index in [1.165, 1.54) is 0 Å². The molecule has 0 aromatic carbocycles. The van der Waals surface area contributed by atoms with Crippen LogP contribution in [0.2, 0.25) is 0 Å². The van der Waals surface area contributed by atoms with Gasteiger partial charge in [0, 0.05) is 39.1 Å². The van der Waals surface area contributed by atoms with Gasteiger partial charge < -0.3 is 24.3 Å². The summed E-state index contributed by atoms with van der Waals surface area (Å²) in [6, 6.07) is 1.85. The lowest BCUT2D eigenvalue weighted by Gasteiger charge is -2.36. The smallest absolute Gasteiger partial charge is 0.316 e. The van der Waals surface area contributed by atoms with Gasteiger partial charge in [-0.25, -0.2) is 9.97 Å². The number of carbonyl (C=O) groups is 1. The standard InChI is InChI=1S/C14H21N3O5/c1-19-11-8-21-7-10(13(11)20-2)6-17-12(18)9-22-14-15-4-3-5-16-14/h3-5,10-11,13H,6-9H2,1-2H3,(H,17,18)/t10-,11-,13+/m1/s1. The number of ether oxygens (including phenoxy) is 4. The zero-order chi connectivity index (χ0) is 15.8. The summed E-state index contributed by atoms with van der Waals surface area (Å²) in [5.41, 5.74) is 0. The van der Waals surface area contributed by atoms with Crippen molar-refractivity contribution in [3.63, 3.8) is 0 Å². The zero-order valence-corrected chi connectivity index (χ0v) is 12.7. The molecule has 2 heterocycles. The Bertz CT molecular complexity index is 459. The first-order valence-electron chi connectivity index (χ1n) is 7.04. The first-order chi connectivity index (χ1) is 10.7. The summed E-state index contributed by atoms with van der Waals surface area (Å²) in [4.78, 5) is 19.6. The molecule has 1 fully saturated rings. The molecule has 1 aromatic rings. The highest BCUT2D eigenvalue weighted by Crippen LogP contribution is 2.19. The third-order valence-corrected chi connectivity index (χ3v) is 3.46. The maximum atomic E-state index is 11.8. The summed E-state index contributed by atoms with van der Waals surface area (Å²) in [6.45, 7) is 1.30. The van der Waals surface area contributed by atoms with E-state index in [2.05, 4.69) is 15.3 Å². The summed E-state index contributed by atoms with van der Waals surface area (Å²) in [5.74, 6) is -0.220. The fraction of sp³-hybridized carbons (Fsp3) is 0.643. The van der Waals surface area contributed by atoms with Gasteiger partial charge >= 0.3 is 6.01 Å². The van der Waals surface area contributed by atoms with Crippen LogP contribution in [-0.2, 0) is 19.0 Å². The molecule has 8 heteroatoms. The molecule has 0 aliphatic carbocycles. The molecule has 1 amide bonds. The van der Waals surface area contributed by atoms with Gasteiger partial charge in [-0.15, -0.1) is 0 Å². The van der Waals surface area contributed by atoms with Gasteiger partial charge in [-0.1, -0.05) is 0 Å². The maximum absolute atomic E-state index is 11.8. The Labute approximate surface area is 129 Å². The second-order valence-corrected chi connectivity index (χ2v) is 4.90. The minimum Gasteiger partial charge on any atom is -0.453 e. The zero-order valence-electron chi connectivity index (χ0n) is 12.7. The molecule has 0 spiro atoms. The van der Waals surface area contributed by atoms with Crippen LogP contribution in [0.5, 0.6) is 6.01 Å². The Morgan fingerprint density at radius 2 is 2.09 bits per heavy atom. The van der Waals surface area contributed by atoms with Crippen molar-refractivity contribution < 1.29 is 23.7 Å². The molecule has 2 rings (SSSR count). The van der Waals surface area contributed by atoms with Crippen molar-refractivity contribution in [3.05, 3.63) is 18.5 Å². The fourth-order valence-electron chi connectivity index (χ4n) is 2.34. The van der Waals surface area contributed by atoms with Crippen LogP contribution in [0, 0.1) is 5.92 Å². The number of carbonyl (C=O) groups excluding carboxylic acids is 1. The minimum absolute atomic E-state index is 0.0284. The predicted molar refractivity (Wildman–Crippen MR) is 76.4 cm³/mol. The van der Waals surface area contributed by atoms with Crippen LogP contribution in [0.15, 0.2) is 18.5 Å². The number of hydrogen-bond donors (Lipinski definition) is 1. The van der Waals surface area contributed by atoms with Gasteiger partial charge in [0.2, 0.25) is 0 Å². The van der Waals surface area contributed by atoms with Crippen molar-refractivity contribution in [2.45, 2.75) is 12.2 Å². The van der Waals surface area contributed by atoms with Gasteiger partial charge in [0.1, 0.15) is 6.10 Å². The molecule has 122 valence electrons. The third-order valence-electron chi connectivity index (χ3n) is 3.46. The number of nitrogens with zero attached hydrogens (tertiary/aromatic N) is 2. The number of nitrogens with one attached hydrogen (secondary N) is 1. The van der Waals surface area contributed by atoms with E-state index in [9.17, 15) is 4.79 Å². The minimum atomic E-state index is -0.248. The highest BCUT2D eigenvalue weighted by atomic mass is 16.6. The van der Waals surface area contributed by atoms with Crippen LogP contribution in [0.25, 0.3) is 0 Å². The molecule has 1 aliphatic rings. The lowest BCUT2D eigenvalue weighted by atomic mass is 9.96. The van der Waals surface area contributed by atoms with Crippen molar-refractivity contribution in [3.8, 4) is 6.01 Å². The van der Waals surface area contributed by atoms with E-state index in [-0.39, 0.29) is 36.7 Å². The molecular formula is C14H21N3O5. The van der Waals surface area contributed by atoms with Gasteiger partial charge in [0.15, 0.2) is 6.61 Å². The molecule has 0 saturated carbocycles. The van der Waals surface area contributed by atoms with E-state index in [0.717, 1.165) is 0 Å². The number of methoxy groups -OCH3 is 2. The van der Waals surface area contributed by atoms with Gasteiger partial charge in [-0.3, -0.25) is 4.79 Å². The predicted octanol–water partition coefficient (Wildman–Crippen LogP) is -0.352. The molecule has 0 radical (unpaired) electrons. The molecule has 1 saturated heterocycles. The van der Waals surface area contributed by atoms with Crippen molar-refractivity contribution in [1.29, 1.82) is 0 Å². The Morgan fingerprint density at radius 3 is 2.77 bits per heavy atom. The molecule has 3 atom stereocenters. The molecule has 8 nitrogen and oxygen atoms in total. The van der Waals surface area contributed by atoms with Gasteiger partial charge in [-0.05, 0) is 6.07 Å². The average molecular weight is 311 g/mol. The van der Waals surface area contributed by atoms with Crippen LogP contribution < -0.4 is 10.1 Å². The van der Waals surface area contributed by atoms with E-state index < -0.39 is 0 Å². The van der Waals surface area contributed by atoms with Crippen LogP contribution in [0.1, 0.15) is 0 Å². The third kappa shape index (κ3) is 4.62. The van der Waals surface area contributed by atoms with Gasteiger partial charge in [0.25, 0.3) is 5.91 Å². The van der Waals surface area contributed by atoms with E-state index in [4.69, 9.17) is 18.9 Å². The van der Waals surface area contributed by atoms with E-state index >= 15 is 0 Å². The number of aromatic nitrogens is 2. The Hall–Kier alpha value is -1.77. The quantitative estimate of drug-likeness (QED) is 0.735. The van der Waals surface area contributed by atoms with Crippen LogP contribution in [-0.4, -0.2) is 68.7 Å². The van der Waals surface area contributed by atoms with Crippen molar-refractivity contribution >= 4 is 5.91 Å². The maximum Gasteiger partial charge on any atom is 0.316 e. The van der Waals surface area contributed by atoms with E-state index in [1.807, 2.05) is 0 Å². The first kappa shape index (κ1) is 16.6. The second-order valence-electron chi connectivity index (χ2n) is 4.90. The summed E-state index contributed by atoms with van der Waals surface area (Å²) in [5, 5.41) is 2.80. The number of rotatable bonds is 7. The highest BCUT2D eigenvalue weighted by Gasteiger charge is 2.34. The first-order valence-corrected chi connectivity index (χ1v) is 7.04. The number of amides is 1. The molecule has 0 bridgehead atoms. The van der Waals surface area contributed by atoms with Crippen molar-refractivity contribution in [2.75, 3.05) is 40.6 Å². The Balaban J connectivity index is 1.75. The van der Waals surface area contributed by atoms with Crippen LogP contribution >= 0.6 is 0 Å². The van der Waals surface area contributed by atoms with Crippen molar-refractivity contribution in [2.24, 2.45) is 5.92 Å². The number of hydrogen-bond acceptors (Lipinski definition) is 7. The molecule has 1 aromatic heterocycles. The van der Waals surface area contributed by atoms with Crippen LogP contribution in [0.4, 0.5) is 0 Å². The van der Waals surface area contributed by atoms with E-state index in [1.54, 1.807) is 32.7 Å². The summed E-state index contributed by atoms with van der Waals surface area (Å²) < 4.78 is 21.4. The largest absolute Gasteiger partial charge is 0.453 e. The lowest BCUT2D eigenvalue weighted by molar-refractivity contribution is -0.147. The van der Waals surface area contributed by atoms with E-state index in [0.29, 0.717) is 19.8 Å². The molecule has 1 N–H and O–H groups in total. The molecular weight excluding hydrogens is 290 g/mol. The lowest BCUT2D eigenvalue weighted by Crippen LogP contribution is -2.50. The molecule has 0 unspecified atom stereocenters. The monoisotopic (exact) mass is 311 g/mol. The topological polar surface area (TPSA) is 91.8 Å². The average Bonchev–Trinajstić information content (AvgIpc) is 2.58. The van der Waals surface area contributed by atoms with Gasteiger partial charge in [-0.2, -0.15) is 0 Å². The summed E-state index contributed by atoms with van der Waals surface area (Å²) >= 11 is 0. The SMILES string of the molecule is CO[C@H]1[C@H](CNC(=O)COc2ncccn2)COC[C@H]1OC. The van der Waals surface area contributed by atoms with Crippen LogP contribution in [0.3, 0.4) is 0 Å². The molecule has 1 aliphatic heterocycles. The highest BCUT2D eigenvalue weighted by molar-refractivity contribution is 5.77. The Kier molecular flexibility index (Phi) is 6.50. The second kappa shape index (κ2) is 8.62. The Morgan fingerprint density at radius 1 is 1.32 bits per heavy atom. The fourth-order valence-corrected chi connectivity index (χ4v) is 2.34. The van der Waals surface area contributed by atoms with Crippen molar-refractivity contribution in [1.82, 2.24) is 15.3 Å². The summed E-state index contributed by atoms with van der Waals surface area (Å²) in [7, 11) is 3.25. The molecule has 22 heavy (non-hydrogen) atoms. The van der Waals surface area contributed by atoms with Gasteiger partial charge in [0.05, 0.1) is 19.3 Å². The summed E-state index contributed by atoms with van der Waals surface area (Å²) in [6.07, 6.45) is 2.86.